The lowest BCUT2D eigenvalue weighted by molar-refractivity contribution is -0.113. The topological polar surface area (TPSA) is 148 Å². The molecule has 7 rings (SSSR count). The van der Waals surface area contributed by atoms with E-state index < -0.39 is 5.91 Å². The number of nitriles is 1. The molecule has 9 nitrogen and oxygen atoms in total. The normalized spacial score (nSPS) is 25.4. The Hall–Kier alpha value is -4.32. The molecule has 0 unspecified atom stereocenters. The highest BCUT2D eigenvalue weighted by molar-refractivity contribution is 5.89. The number of anilines is 4. The first kappa shape index (κ1) is 24.0. The zero-order valence-electron chi connectivity index (χ0n) is 21.4. The molecule has 4 aliphatic rings. The zero-order valence-corrected chi connectivity index (χ0v) is 21.4. The highest BCUT2D eigenvalue weighted by Crippen LogP contribution is 2.56. The van der Waals surface area contributed by atoms with E-state index in [9.17, 15) is 10.1 Å². The minimum atomic E-state index is -0.515. The number of hydrogen-bond donors (Lipinski definition) is 4. The maximum absolute atomic E-state index is 11.0. The summed E-state index contributed by atoms with van der Waals surface area (Å²) in [6.07, 6.45) is 12.2. The van der Waals surface area contributed by atoms with Crippen LogP contribution in [0.4, 0.5) is 23.0 Å². The second-order valence-electron chi connectivity index (χ2n) is 11.3. The number of carbonyl (C=O) groups is 1. The Balaban J connectivity index is 1.22. The summed E-state index contributed by atoms with van der Waals surface area (Å²) >= 11 is 0. The summed E-state index contributed by atoms with van der Waals surface area (Å²) in [6, 6.07) is 11.9. The third-order valence-corrected chi connectivity index (χ3v) is 8.46. The van der Waals surface area contributed by atoms with Crippen molar-refractivity contribution in [2.75, 3.05) is 16.4 Å². The number of rotatable bonds is 7. The van der Waals surface area contributed by atoms with Crippen molar-refractivity contribution in [1.29, 1.82) is 5.26 Å². The average Bonchev–Trinajstić information content (AvgIpc) is 3.22. The summed E-state index contributed by atoms with van der Waals surface area (Å²) in [4.78, 5) is 20.2. The molecule has 4 fully saturated rings. The standard InChI is InChI=1S/C29H32N8O/c1-37-24(16-33-27(37)7-6-25(32)38)20-2-4-21(5-3-20)34-26-11-23(31)22(15-30)28(35-26)36-29-12-17-8-18(13-29)10-19(9-17)14-29/h2-7,11,16-19H,8-10,12-14H2,1H3,(H2,32,38)(H4,31,34,35,36)/b7-6+. The summed E-state index contributed by atoms with van der Waals surface area (Å²) in [5.74, 6) is 3.65. The van der Waals surface area contributed by atoms with E-state index in [2.05, 4.69) is 21.7 Å². The number of nitrogens with two attached hydrogens (primary N) is 2. The van der Waals surface area contributed by atoms with Crippen LogP contribution < -0.4 is 22.1 Å². The van der Waals surface area contributed by atoms with Crippen LogP contribution in [-0.4, -0.2) is 26.0 Å². The van der Waals surface area contributed by atoms with Crippen molar-refractivity contribution < 1.29 is 4.79 Å². The zero-order chi connectivity index (χ0) is 26.4. The first-order valence-corrected chi connectivity index (χ1v) is 13.2. The van der Waals surface area contributed by atoms with Crippen LogP contribution in [0.5, 0.6) is 0 Å². The van der Waals surface area contributed by atoms with Gasteiger partial charge in [-0.3, -0.25) is 4.79 Å². The number of imidazole rings is 1. The van der Waals surface area contributed by atoms with Gasteiger partial charge in [0.15, 0.2) is 0 Å². The predicted octanol–water partition coefficient (Wildman–Crippen LogP) is 4.56. The fourth-order valence-electron chi connectivity index (χ4n) is 7.23. The van der Waals surface area contributed by atoms with Crippen molar-refractivity contribution in [2.24, 2.45) is 30.5 Å². The highest BCUT2D eigenvalue weighted by Gasteiger charge is 2.51. The lowest BCUT2D eigenvalue weighted by Gasteiger charge is -2.57. The number of primary amides is 1. The third-order valence-electron chi connectivity index (χ3n) is 8.46. The number of pyridine rings is 1. The molecular formula is C29H32N8O. The van der Waals surface area contributed by atoms with E-state index in [1.165, 1.54) is 25.3 Å². The minimum absolute atomic E-state index is 0.0225. The van der Waals surface area contributed by atoms with E-state index in [0.29, 0.717) is 28.7 Å². The van der Waals surface area contributed by atoms with Gasteiger partial charge in [0.1, 0.15) is 29.1 Å². The van der Waals surface area contributed by atoms with Crippen LogP contribution in [0.15, 0.2) is 42.6 Å². The number of nitrogens with one attached hydrogen (secondary N) is 2. The van der Waals surface area contributed by atoms with Gasteiger partial charge in [-0.05, 0) is 80.1 Å². The number of amides is 1. The SMILES string of the molecule is Cn1c(-c2ccc(Nc3cc(N)c(C#N)c(NC45CC6CC(CC(C6)C4)C5)n3)cc2)cnc1/C=C/C(N)=O. The Labute approximate surface area is 222 Å². The highest BCUT2D eigenvalue weighted by atomic mass is 16.1. The molecule has 6 N–H and O–H groups in total. The fraction of sp³-hybridized carbons (Fsp3) is 0.379. The Kier molecular flexibility index (Phi) is 5.83. The second kappa shape index (κ2) is 9.21. The molecule has 0 atom stereocenters. The minimum Gasteiger partial charge on any atom is -0.397 e. The summed E-state index contributed by atoms with van der Waals surface area (Å²) in [5.41, 5.74) is 15.1. The molecular weight excluding hydrogens is 476 g/mol. The van der Waals surface area contributed by atoms with Crippen molar-refractivity contribution in [3.8, 4) is 17.3 Å². The molecule has 194 valence electrons. The van der Waals surface area contributed by atoms with Crippen molar-refractivity contribution in [3.63, 3.8) is 0 Å². The second-order valence-corrected chi connectivity index (χ2v) is 11.3. The Morgan fingerprint density at radius 2 is 1.82 bits per heavy atom. The molecule has 1 aromatic carbocycles. The van der Waals surface area contributed by atoms with Gasteiger partial charge in [-0.15, -0.1) is 0 Å². The Morgan fingerprint density at radius 3 is 2.42 bits per heavy atom. The number of aromatic nitrogens is 3. The number of carbonyl (C=O) groups excluding carboxylic acids is 1. The van der Waals surface area contributed by atoms with Gasteiger partial charge < -0.3 is 26.7 Å². The maximum atomic E-state index is 11.0. The van der Waals surface area contributed by atoms with E-state index in [1.54, 1.807) is 18.3 Å². The van der Waals surface area contributed by atoms with E-state index in [1.807, 2.05) is 35.9 Å². The van der Waals surface area contributed by atoms with Crippen molar-refractivity contribution in [1.82, 2.24) is 14.5 Å². The van der Waals surface area contributed by atoms with Gasteiger partial charge in [-0.1, -0.05) is 12.1 Å². The van der Waals surface area contributed by atoms with Crippen molar-refractivity contribution in [3.05, 3.63) is 54.0 Å². The molecule has 4 saturated carbocycles. The molecule has 3 aromatic rings. The molecule has 9 heteroatoms. The largest absolute Gasteiger partial charge is 0.397 e. The summed E-state index contributed by atoms with van der Waals surface area (Å²) in [5, 5.41) is 16.9. The monoisotopic (exact) mass is 508 g/mol. The van der Waals surface area contributed by atoms with E-state index in [-0.39, 0.29) is 5.54 Å². The van der Waals surface area contributed by atoms with Gasteiger partial charge in [-0.25, -0.2) is 9.97 Å². The van der Waals surface area contributed by atoms with E-state index >= 15 is 0 Å². The average molecular weight is 509 g/mol. The smallest absolute Gasteiger partial charge is 0.241 e. The molecule has 1 amide bonds. The lowest BCUT2D eigenvalue weighted by Crippen LogP contribution is -2.55. The molecule has 4 aliphatic carbocycles. The van der Waals surface area contributed by atoms with Gasteiger partial charge in [0.25, 0.3) is 0 Å². The van der Waals surface area contributed by atoms with Crippen LogP contribution in [0.25, 0.3) is 17.3 Å². The summed E-state index contributed by atoms with van der Waals surface area (Å²) < 4.78 is 1.90. The van der Waals surface area contributed by atoms with Gasteiger partial charge in [0.05, 0.1) is 17.6 Å². The lowest BCUT2D eigenvalue weighted by atomic mass is 9.53. The number of nitrogen functional groups attached to an aromatic ring is 1. The fourth-order valence-corrected chi connectivity index (χ4v) is 7.23. The van der Waals surface area contributed by atoms with Crippen molar-refractivity contribution >= 4 is 35.0 Å². The van der Waals surface area contributed by atoms with E-state index in [0.717, 1.165) is 54.0 Å². The number of benzene rings is 1. The van der Waals surface area contributed by atoms with Crippen LogP contribution in [0.3, 0.4) is 0 Å². The summed E-state index contributed by atoms with van der Waals surface area (Å²) in [6.45, 7) is 0. The molecule has 2 aromatic heterocycles. The number of hydrogen-bond acceptors (Lipinski definition) is 7. The molecule has 0 saturated heterocycles. The quantitative estimate of drug-likeness (QED) is 0.342. The Morgan fingerprint density at radius 1 is 1.16 bits per heavy atom. The molecule has 4 bridgehead atoms. The maximum Gasteiger partial charge on any atom is 0.241 e. The van der Waals surface area contributed by atoms with Gasteiger partial charge in [0.2, 0.25) is 5.91 Å². The molecule has 38 heavy (non-hydrogen) atoms. The van der Waals surface area contributed by atoms with Crippen LogP contribution in [0, 0.1) is 29.1 Å². The van der Waals surface area contributed by atoms with Crippen LogP contribution >= 0.6 is 0 Å². The van der Waals surface area contributed by atoms with E-state index in [4.69, 9.17) is 16.5 Å². The predicted molar refractivity (Wildman–Crippen MR) is 148 cm³/mol. The summed E-state index contributed by atoms with van der Waals surface area (Å²) in [7, 11) is 1.89. The Bertz CT molecular complexity index is 1430. The molecule has 0 spiro atoms. The first-order chi connectivity index (χ1) is 18.3. The molecule has 0 aliphatic heterocycles. The van der Waals surface area contributed by atoms with Gasteiger partial charge in [-0.2, -0.15) is 5.26 Å². The first-order valence-electron chi connectivity index (χ1n) is 13.2. The van der Waals surface area contributed by atoms with Gasteiger partial charge in [0, 0.05) is 30.4 Å². The molecule has 2 heterocycles. The van der Waals surface area contributed by atoms with Crippen LogP contribution in [0.2, 0.25) is 0 Å². The van der Waals surface area contributed by atoms with Crippen LogP contribution in [0.1, 0.15) is 49.9 Å². The van der Waals surface area contributed by atoms with Crippen LogP contribution in [-0.2, 0) is 11.8 Å². The number of nitrogens with zero attached hydrogens (tertiary/aromatic N) is 4. The van der Waals surface area contributed by atoms with Crippen molar-refractivity contribution in [2.45, 2.75) is 44.1 Å². The third kappa shape index (κ3) is 4.47. The molecule has 0 radical (unpaired) electrons. The van der Waals surface area contributed by atoms with Gasteiger partial charge >= 0.3 is 0 Å².